The van der Waals surface area contributed by atoms with Crippen molar-refractivity contribution in [2.24, 2.45) is 0 Å². The molecular formula is C23H30N2O3. The average Bonchev–Trinajstić information content (AvgIpc) is 2.60. The molecule has 5 nitrogen and oxygen atoms in total. The van der Waals surface area contributed by atoms with Gasteiger partial charge in [-0.2, -0.15) is 0 Å². The fraction of sp³-hybridized carbons (Fsp3) is 0.391. The summed E-state index contributed by atoms with van der Waals surface area (Å²) in [6.45, 7) is 8.36. The summed E-state index contributed by atoms with van der Waals surface area (Å²) in [6.07, 6.45) is 1.88. The molecule has 0 aliphatic carbocycles. The Hall–Kier alpha value is -2.82. The summed E-state index contributed by atoms with van der Waals surface area (Å²) in [6, 6.07) is 15.0. The molecular weight excluding hydrogens is 352 g/mol. The summed E-state index contributed by atoms with van der Waals surface area (Å²) in [5.41, 5.74) is 1.82. The van der Waals surface area contributed by atoms with Gasteiger partial charge in [-0.1, -0.05) is 24.3 Å². The largest absolute Gasteiger partial charge is 0.494 e. The maximum atomic E-state index is 12.4. The maximum Gasteiger partial charge on any atom is 0.253 e. The highest BCUT2D eigenvalue weighted by molar-refractivity contribution is 6.03. The van der Waals surface area contributed by atoms with Crippen LogP contribution < -0.4 is 15.4 Å². The van der Waals surface area contributed by atoms with Gasteiger partial charge in [0.2, 0.25) is 5.91 Å². The van der Waals surface area contributed by atoms with Crippen molar-refractivity contribution in [2.45, 2.75) is 52.5 Å². The molecule has 2 N–H and O–H groups in total. The highest BCUT2D eigenvalue weighted by Gasteiger charge is 2.18. The summed E-state index contributed by atoms with van der Waals surface area (Å²) in [7, 11) is 0. The van der Waals surface area contributed by atoms with E-state index in [-0.39, 0.29) is 17.4 Å². The number of rotatable bonds is 8. The lowest BCUT2D eigenvalue weighted by molar-refractivity contribution is -0.116. The number of hydrogen-bond acceptors (Lipinski definition) is 3. The van der Waals surface area contributed by atoms with Gasteiger partial charge in [-0.05, 0) is 70.4 Å². The maximum absolute atomic E-state index is 12.4. The van der Waals surface area contributed by atoms with E-state index in [1.807, 2.05) is 52.0 Å². The summed E-state index contributed by atoms with van der Waals surface area (Å²) in [5.74, 6) is 0.546. The van der Waals surface area contributed by atoms with Crippen LogP contribution in [-0.4, -0.2) is 24.0 Å². The minimum Gasteiger partial charge on any atom is -0.494 e. The first-order valence-corrected chi connectivity index (χ1v) is 9.65. The zero-order valence-corrected chi connectivity index (χ0v) is 17.2. The fourth-order valence-corrected chi connectivity index (χ4v) is 2.69. The molecule has 0 aliphatic rings. The average molecular weight is 383 g/mol. The molecule has 2 aromatic rings. The Morgan fingerprint density at radius 2 is 1.75 bits per heavy atom. The van der Waals surface area contributed by atoms with Gasteiger partial charge in [-0.25, -0.2) is 0 Å². The van der Waals surface area contributed by atoms with Crippen LogP contribution in [0.25, 0.3) is 0 Å². The van der Waals surface area contributed by atoms with E-state index >= 15 is 0 Å². The van der Waals surface area contributed by atoms with Crippen molar-refractivity contribution < 1.29 is 14.3 Å². The molecule has 0 radical (unpaired) electrons. The molecule has 0 aromatic heterocycles. The number of unbranched alkanes of at least 4 members (excludes halogenated alkanes) is 1. The van der Waals surface area contributed by atoms with Gasteiger partial charge in [0.05, 0.1) is 17.9 Å². The highest BCUT2D eigenvalue weighted by Crippen LogP contribution is 2.17. The number of hydrogen-bond donors (Lipinski definition) is 2. The van der Waals surface area contributed by atoms with Crippen LogP contribution in [-0.2, 0) is 4.79 Å². The van der Waals surface area contributed by atoms with Gasteiger partial charge < -0.3 is 15.4 Å². The number of nitrogens with one attached hydrogen (secondary N) is 2. The SMILES string of the molecule is Cc1cccc(OCCCCC(=O)Nc2ccccc2C(=O)NC(C)(C)C)c1. The van der Waals surface area contributed by atoms with Crippen LogP contribution in [0.15, 0.2) is 48.5 Å². The zero-order chi connectivity index (χ0) is 20.6. The van der Waals surface area contributed by atoms with Crippen molar-refractivity contribution in [3.63, 3.8) is 0 Å². The van der Waals surface area contributed by atoms with Gasteiger partial charge in [0.15, 0.2) is 0 Å². The number of aryl methyl sites for hydroxylation is 1. The van der Waals surface area contributed by atoms with E-state index in [0.717, 1.165) is 17.7 Å². The summed E-state index contributed by atoms with van der Waals surface area (Å²) >= 11 is 0. The molecule has 2 amide bonds. The van der Waals surface area contributed by atoms with Crippen LogP contribution in [0.1, 0.15) is 56.0 Å². The Kier molecular flexibility index (Phi) is 7.61. The van der Waals surface area contributed by atoms with Crippen LogP contribution in [0.4, 0.5) is 5.69 Å². The van der Waals surface area contributed by atoms with Crippen molar-refractivity contribution in [1.29, 1.82) is 0 Å². The van der Waals surface area contributed by atoms with Gasteiger partial charge in [0, 0.05) is 12.0 Å². The van der Waals surface area contributed by atoms with Gasteiger partial charge in [-0.15, -0.1) is 0 Å². The summed E-state index contributed by atoms with van der Waals surface area (Å²) < 4.78 is 5.70. The van der Waals surface area contributed by atoms with E-state index in [2.05, 4.69) is 10.6 Å². The Bertz CT molecular complexity index is 809. The Balaban J connectivity index is 1.79. The van der Waals surface area contributed by atoms with Gasteiger partial charge in [0.25, 0.3) is 5.91 Å². The summed E-state index contributed by atoms with van der Waals surface area (Å²) in [5, 5.41) is 5.77. The van der Waals surface area contributed by atoms with Gasteiger partial charge in [-0.3, -0.25) is 9.59 Å². The molecule has 150 valence electrons. The fourth-order valence-electron chi connectivity index (χ4n) is 2.69. The van der Waals surface area contributed by atoms with Crippen LogP contribution >= 0.6 is 0 Å². The molecule has 28 heavy (non-hydrogen) atoms. The number of ether oxygens (including phenoxy) is 1. The van der Waals surface area contributed by atoms with E-state index in [4.69, 9.17) is 4.74 Å². The van der Waals surface area contributed by atoms with Gasteiger partial charge in [0.1, 0.15) is 5.75 Å². The van der Waals surface area contributed by atoms with Crippen LogP contribution in [0.3, 0.4) is 0 Å². The third kappa shape index (κ3) is 7.43. The molecule has 0 atom stereocenters. The highest BCUT2D eigenvalue weighted by atomic mass is 16.5. The number of para-hydroxylation sites is 1. The quantitative estimate of drug-likeness (QED) is 0.650. The first kappa shape index (κ1) is 21.5. The molecule has 0 saturated carbocycles. The number of carbonyl (C=O) groups is 2. The van der Waals surface area contributed by atoms with E-state index in [9.17, 15) is 9.59 Å². The Labute approximate surface area is 167 Å². The van der Waals surface area contributed by atoms with Crippen molar-refractivity contribution in [2.75, 3.05) is 11.9 Å². The molecule has 0 unspecified atom stereocenters. The molecule has 0 spiro atoms. The molecule has 0 fully saturated rings. The number of benzene rings is 2. The lowest BCUT2D eigenvalue weighted by Crippen LogP contribution is -2.40. The molecule has 2 aromatic carbocycles. The first-order chi connectivity index (χ1) is 13.2. The third-order valence-electron chi connectivity index (χ3n) is 3.99. The van der Waals surface area contributed by atoms with Crippen molar-refractivity contribution in [1.82, 2.24) is 5.32 Å². The van der Waals surface area contributed by atoms with E-state index in [1.54, 1.807) is 24.3 Å². The lowest BCUT2D eigenvalue weighted by atomic mass is 10.1. The topological polar surface area (TPSA) is 67.4 Å². The van der Waals surface area contributed by atoms with E-state index in [0.29, 0.717) is 30.7 Å². The minimum absolute atomic E-state index is 0.105. The second-order valence-electron chi connectivity index (χ2n) is 7.92. The molecule has 0 saturated heterocycles. The smallest absolute Gasteiger partial charge is 0.253 e. The standard InChI is InChI=1S/C23H30N2O3/c1-17-10-9-11-18(16-17)28-15-8-7-14-21(26)24-20-13-6-5-12-19(20)22(27)25-23(2,3)4/h5-6,9-13,16H,7-8,14-15H2,1-4H3,(H,24,26)(H,25,27). The lowest BCUT2D eigenvalue weighted by Gasteiger charge is -2.21. The monoisotopic (exact) mass is 382 g/mol. The van der Waals surface area contributed by atoms with Crippen LogP contribution in [0.2, 0.25) is 0 Å². The second kappa shape index (κ2) is 9.93. The number of anilines is 1. The Morgan fingerprint density at radius 3 is 2.46 bits per heavy atom. The molecule has 2 rings (SSSR count). The van der Waals surface area contributed by atoms with Crippen molar-refractivity contribution in [3.05, 3.63) is 59.7 Å². The van der Waals surface area contributed by atoms with Crippen molar-refractivity contribution >= 4 is 17.5 Å². The normalized spacial score (nSPS) is 11.0. The van der Waals surface area contributed by atoms with Crippen LogP contribution in [0.5, 0.6) is 5.75 Å². The predicted octanol–water partition coefficient (Wildman–Crippen LogP) is 4.71. The number of amides is 2. The Morgan fingerprint density at radius 1 is 1.00 bits per heavy atom. The predicted molar refractivity (Wildman–Crippen MR) is 113 cm³/mol. The van der Waals surface area contributed by atoms with Crippen molar-refractivity contribution in [3.8, 4) is 5.75 Å². The number of carbonyl (C=O) groups excluding carboxylic acids is 2. The third-order valence-corrected chi connectivity index (χ3v) is 3.99. The molecule has 0 heterocycles. The van der Waals surface area contributed by atoms with E-state index < -0.39 is 0 Å². The molecule has 0 aliphatic heterocycles. The van der Waals surface area contributed by atoms with Crippen LogP contribution in [0, 0.1) is 6.92 Å². The first-order valence-electron chi connectivity index (χ1n) is 9.65. The van der Waals surface area contributed by atoms with E-state index in [1.165, 1.54) is 0 Å². The minimum atomic E-state index is -0.342. The molecule has 5 heteroatoms. The molecule has 0 bridgehead atoms. The summed E-state index contributed by atoms with van der Waals surface area (Å²) in [4.78, 5) is 24.7. The van der Waals surface area contributed by atoms with Gasteiger partial charge >= 0.3 is 0 Å². The second-order valence-corrected chi connectivity index (χ2v) is 7.92. The zero-order valence-electron chi connectivity index (χ0n) is 17.2.